The van der Waals surface area contributed by atoms with Gasteiger partial charge in [-0.25, -0.2) is 18.1 Å². The monoisotopic (exact) mass is 482 g/mol. The number of aliphatic imine (C=N–C) groups is 1. The Balaban J connectivity index is 1.55. The van der Waals surface area contributed by atoms with Gasteiger partial charge in [0.05, 0.1) is 28.8 Å². The predicted octanol–water partition coefficient (Wildman–Crippen LogP) is 3.23. The van der Waals surface area contributed by atoms with E-state index in [9.17, 15) is 18.0 Å². The molecule has 0 atom stereocenters. The molecule has 0 aromatic heterocycles. The van der Waals surface area contributed by atoms with Crippen LogP contribution in [-0.4, -0.2) is 47.1 Å². The van der Waals surface area contributed by atoms with Crippen LogP contribution >= 0.6 is 11.9 Å². The highest BCUT2D eigenvalue weighted by molar-refractivity contribution is 8.16. The quantitative estimate of drug-likeness (QED) is 0.306. The smallest absolute Gasteiger partial charge is 0.343 e. The van der Waals surface area contributed by atoms with E-state index in [1.807, 2.05) is 13.0 Å². The van der Waals surface area contributed by atoms with Gasteiger partial charge in [-0.1, -0.05) is 36.8 Å². The molecule has 0 radical (unpaired) electrons. The fourth-order valence-electron chi connectivity index (χ4n) is 3.07. The van der Waals surface area contributed by atoms with Gasteiger partial charge in [0, 0.05) is 0 Å². The van der Waals surface area contributed by atoms with E-state index in [2.05, 4.69) is 9.39 Å². The van der Waals surface area contributed by atoms with Crippen molar-refractivity contribution in [1.82, 2.24) is 4.90 Å². The maximum atomic E-state index is 12.5. The predicted molar refractivity (Wildman–Crippen MR) is 127 cm³/mol. The number of nitrogens with zero attached hydrogens (tertiary/aromatic N) is 3. The lowest BCUT2D eigenvalue weighted by Gasteiger charge is -2.24. The molecule has 2 aliphatic heterocycles. The summed E-state index contributed by atoms with van der Waals surface area (Å²) in [5.74, 6) is -1.36. The average molecular weight is 483 g/mol. The van der Waals surface area contributed by atoms with Crippen molar-refractivity contribution >= 4 is 55.9 Å². The van der Waals surface area contributed by atoms with Gasteiger partial charge in [-0.15, -0.1) is 0 Å². The molecule has 4 rings (SSSR count). The zero-order valence-electron chi connectivity index (χ0n) is 17.6. The van der Waals surface area contributed by atoms with Crippen molar-refractivity contribution in [3.63, 3.8) is 0 Å². The topological polar surface area (TPSA) is 129 Å². The number of aryl methyl sites for hydroxylation is 1. The number of fused-ring (bicyclic) bond motifs is 1. The number of ether oxygens (including phenoxy) is 1. The normalized spacial score (nSPS) is 17.0. The molecule has 33 heavy (non-hydrogen) atoms. The molecule has 2 heterocycles. The van der Waals surface area contributed by atoms with Gasteiger partial charge in [-0.2, -0.15) is 9.39 Å². The molecular formula is C22H18N4O5S2. The van der Waals surface area contributed by atoms with Crippen LogP contribution in [0.3, 0.4) is 0 Å². The van der Waals surface area contributed by atoms with E-state index in [0.717, 1.165) is 22.4 Å². The molecule has 2 aliphatic rings. The SMILES string of the molecule is CCS(=O)(=O)C1=NSC2=NC(=O)/C(=C\c3ccc(OC(=O)c4cccc(C)c4)cc3)C(=N)N21. The maximum absolute atomic E-state index is 12.5. The maximum Gasteiger partial charge on any atom is 0.343 e. The second-order valence-corrected chi connectivity index (χ2v) is 10.0. The van der Waals surface area contributed by atoms with Crippen LogP contribution in [0.5, 0.6) is 5.75 Å². The zero-order valence-corrected chi connectivity index (χ0v) is 19.2. The third-order valence-electron chi connectivity index (χ3n) is 4.81. The first-order valence-electron chi connectivity index (χ1n) is 9.80. The van der Waals surface area contributed by atoms with Crippen LogP contribution in [0, 0.1) is 12.3 Å². The number of carbonyl (C=O) groups is 2. The molecular weight excluding hydrogens is 464 g/mol. The first-order chi connectivity index (χ1) is 15.7. The molecule has 1 N–H and O–H groups in total. The van der Waals surface area contributed by atoms with Crippen LogP contribution in [0.4, 0.5) is 0 Å². The van der Waals surface area contributed by atoms with Gasteiger partial charge >= 0.3 is 5.97 Å². The van der Waals surface area contributed by atoms with Crippen molar-refractivity contribution in [1.29, 1.82) is 5.41 Å². The van der Waals surface area contributed by atoms with Crippen LogP contribution in [0.15, 0.2) is 63.5 Å². The number of nitrogens with one attached hydrogen (secondary N) is 1. The molecule has 9 nitrogen and oxygen atoms in total. The lowest BCUT2D eigenvalue weighted by Crippen LogP contribution is -2.45. The molecule has 168 valence electrons. The van der Waals surface area contributed by atoms with E-state index in [0.29, 0.717) is 16.9 Å². The number of hydrogen-bond donors (Lipinski definition) is 1. The number of hydrogen-bond acceptors (Lipinski definition) is 8. The Morgan fingerprint density at radius 3 is 2.61 bits per heavy atom. The van der Waals surface area contributed by atoms with Crippen molar-refractivity contribution in [2.75, 3.05) is 5.75 Å². The number of amides is 1. The van der Waals surface area contributed by atoms with Crippen molar-refractivity contribution in [3.05, 3.63) is 70.8 Å². The molecule has 1 amide bonds. The molecule has 2 aromatic carbocycles. The van der Waals surface area contributed by atoms with Crippen LogP contribution in [-0.2, 0) is 14.6 Å². The summed E-state index contributed by atoms with van der Waals surface area (Å²) in [5.41, 5.74) is 1.83. The molecule has 0 saturated carbocycles. The third-order valence-corrected chi connectivity index (χ3v) is 7.22. The Kier molecular flexibility index (Phi) is 6.00. The second kappa shape index (κ2) is 8.75. The fraction of sp³-hybridized carbons (Fsp3) is 0.136. The number of esters is 1. The molecule has 0 aliphatic carbocycles. The minimum atomic E-state index is -3.71. The summed E-state index contributed by atoms with van der Waals surface area (Å²) in [6, 6.07) is 13.4. The van der Waals surface area contributed by atoms with Crippen molar-refractivity contribution in [2.45, 2.75) is 13.8 Å². The first kappa shape index (κ1) is 22.6. The van der Waals surface area contributed by atoms with Crippen molar-refractivity contribution in [2.24, 2.45) is 9.39 Å². The number of benzene rings is 2. The van der Waals surface area contributed by atoms with Gasteiger partial charge in [-0.05, 0) is 42.8 Å². The van der Waals surface area contributed by atoms with E-state index in [-0.39, 0.29) is 27.5 Å². The van der Waals surface area contributed by atoms with Gasteiger partial charge < -0.3 is 4.74 Å². The summed E-state index contributed by atoms with van der Waals surface area (Å²) in [5, 5.41) is 8.14. The molecule has 0 bridgehead atoms. The van der Waals surface area contributed by atoms with E-state index in [1.165, 1.54) is 13.0 Å². The van der Waals surface area contributed by atoms with Gasteiger partial charge in [0.1, 0.15) is 11.6 Å². The Hall–Kier alpha value is -3.57. The lowest BCUT2D eigenvalue weighted by atomic mass is 10.1. The fourth-order valence-corrected chi connectivity index (χ4v) is 5.03. The highest BCUT2D eigenvalue weighted by Crippen LogP contribution is 2.30. The largest absolute Gasteiger partial charge is 0.423 e. The molecule has 0 unspecified atom stereocenters. The summed E-state index contributed by atoms with van der Waals surface area (Å²) in [6.45, 7) is 3.35. The summed E-state index contributed by atoms with van der Waals surface area (Å²) < 4.78 is 33.9. The second-order valence-electron chi connectivity index (χ2n) is 7.14. The number of sulfone groups is 1. The minimum absolute atomic E-state index is 0.0348. The molecule has 11 heteroatoms. The van der Waals surface area contributed by atoms with Crippen LogP contribution in [0.1, 0.15) is 28.4 Å². The van der Waals surface area contributed by atoms with Crippen molar-refractivity contribution in [3.8, 4) is 5.75 Å². The summed E-state index contributed by atoms with van der Waals surface area (Å²) in [4.78, 5) is 29.7. The first-order valence-corrected chi connectivity index (χ1v) is 12.2. The number of rotatable bonds is 4. The van der Waals surface area contributed by atoms with Crippen LogP contribution < -0.4 is 4.74 Å². The van der Waals surface area contributed by atoms with Crippen molar-refractivity contribution < 1.29 is 22.7 Å². The molecule has 0 fully saturated rings. The van der Waals surface area contributed by atoms with E-state index in [4.69, 9.17) is 10.1 Å². The van der Waals surface area contributed by atoms with Gasteiger partial charge in [0.15, 0.2) is 0 Å². The summed E-state index contributed by atoms with van der Waals surface area (Å²) in [6.07, 6.45) is 1.43. The Morgan fingerprint density at radius 2 is 1.94 bits per heavy atom. The molecule has 2 aromatic rings. The van der Waals surface area contributed by atoms with E-state index < -0.39 is 21.7 Å². The van der Waals surface area contributed by atoms with Gasteiger partial charge in [-0.3, -0.25) is 10.2 Å². The standard InChI is InChI=1S/C22H18N4O5S2/c1-3-33(29,30)22-25-32-21-24-19(27)17(18(23)26(21)22)12-14-7-9-16(10-8-14)31-20(28)15-6-4-5-13(2)11-15/h4-12,23H,3H2,1-2H3/b17-12-,23-18?. The van der Waals surface area contributed by atoms with Gasteiger partial charge in [0.2, 0.25) is 20.2 Å². The number of carbonyl (C=O) groups excluding carboxylic acids is 2. The van der Waals surface area contributed by atoms with E-state index in [1.54, 1.807) is 42.5 Å². The Morgan fingerprint density at radius 1 is 1.21 bits per heavy atom. The average Bonchev–Trinajstić information content (AvgIpc) is 3.22. The highest BCUT2D eigenvalue weighted by Gasteiger charge is 2.42. The van der Waals surface area contributed by atoms with Gasteiger partial charge in [0.25, 0.3) is 5.91 Å². The Bertz CT molecular complexity index is 1380. The van der Waals surface area contributed by atoms with Crippen LogP contribution in [0.25, 0.3) is 6.08 Å². The summed E-state index contributed by atoms with van der Waals surface area (Å²) >= 11 is 0.746. The minimum Gasteiger partial charge on any atom is -0.423 e. The molecule has 0 saturated heterocycles. The lowest BCUT2D eigenvalue weighted by molar-refractivity contribution is -0.114. The summed E-state index contributed by atoms with van der Waals surface area (Å²) in [7, 11) is -3.71. The van der Waals surface area contributed by atoms with E-state index >= 15 is 0 Å². The zero-order chi connectivity index (χ0) is 23.8. The highest BCUT2D eigenvalue weighted by atomic mass is 32.2. The molecule has 0 spiro atoms. The Labute approximate surface area is 194 Å². The van der Waals surface area contributed by atoms with Crippen LogP contribution in [0.2, 0.25) is 0 Å². The number of amidine groups is 3. The third kappa shape index (κ3) is 4.50.